The molecule has 2 amide bonds. The summed E-state index contributed by atoms with van der Waals surface area (Å²) in [6, 6.07) is 11.8. The molecule has 2 aromatic carbocycles. The first-order valence-corrected chi connectivity index (χ1v) is 9.92. The minimum atomic E-state index is -1.03. The van der Waals surface area contributed by atoms with Gasteiger partial charge in [0.25, 0.3) is 0 Å². The van der Waals surface area contributed by atoms with Gasteiger partial charge in [-0.3, -0.25) is 14.4 Å². The summed E-state index contributed by atoms with van der Waals surface area (Å²) in [4.78, 5) is 35.5. The molecule has 0 aliphatic heterocycles. The van der Waals surface area contributed by atoms with Crippen LogP contribution >= 0.6 is 35.0 Å². The molecule has 0 saturated heterocycles. The highest BCUT2D eigenvalue weighted by molar-refractivity contribution is 8.00. The molecule has 2 aromatic rings. The van der Waals surface area contributed by atoms with E-state index >= 15 is 0 Å². The molecule has 0 saturated carbocycles. The van der Waals surface area contributed by atoms with Crippen molar-refractivity contribution in [2.24, 2.45) is 0 Å². The predicted molar refractivity (Wildman–Crippen MR) is 112 cm³/mol. The summed E-state index contributed by atoms with van der Waals surface area (Å²) in [5.74, 6) is -1.66. The van der Waals surface area contributed by atoms with E-state index in [-0.39, 0.29) is 24.7 Å². The minimum absolute atomic E-state index is 0.105. The number of aliphatic carboxylic acids is 1. The van der Waals surface area contributed by atoms with E-state index in [1.807, 2.05) is 6.07 Å². The van der Waals surface area contributed by atoms with E-state index < -0.39 is 11.2 Å². The first-order chi connectivity index (χ1) is 13.2. The van der Waals surface area contributed by atoms with Crippen molar-refractivity contribution in [2.45, 2.75) is 29.9 Å². The summed E-state index contributed by atoms with van der Waals surface area (Å²) in [6.07, 6.45) is -0.338. The highest BCUT2D eigenvalue weighted by Gasteiger charge is 2.16. The van der Waals surface area contributed by atoms with Crippen LogP contribution in [0.15, 0.2) is 47.4 Å². The van der Waals surface area contributed by atoms with E-state index in [4.69, 9.17) is 28.3 Å². The normalized spacial score (nSPS) is 11.5. The van der Waals surface area contributed by atoms with E-state index in [2.05, 4.69) is 10.6 Å². The van der Waals surface area contributed by atoms with Gasteiger partial charge < -0.3 is 15.7 Å². The van der Waals surface area contributed by atoms with E-state index in [0.717, 1.165) is 4.90 Å². The Balaban J connectivity index is 1.96. The molecule has 6 nitrogen and oxygen atoms in total. The van der Waals surface area contributed by atoms with Crippen LogP contribution in [0.4, 0.5) is 11.4 Å². The second kappa shape index (κ2) is 10.4. The zero-order chi connectivity index (χ0) is 20.7. The monoisotopic (exact) mass is 440 g/mol. The molecule has 0 aliphatic carbocycles. The lowest BCUT2D eigenvalue weighted by atomic mass is 10.2. The van der Waals surface area contributed by atoms with Gasteiger partial charge in [-0.25, -0.2) is 0 Å². The molecule has 0 heterocycles. The second-order valence-electron chi connectivity index (χ2n) is 5.84. The van der Waals surface area contributed by atoms with Gasteiger partial charge in [0.2, 0.25) is 11.8 Å². The maximum atomic E-state index is 12.4. The van der Waals surface area contributed by atoms with Crippen LogP contribution in [0.5, 0.6) is 0 Å². The van der Waals surface area contributed by atoms with Crippen LogP contribution in [0.2, 0.25) is 10.0 Å². The van der Waals surface area contributed by atoms with Gasteiger partial charge in [0.15, 0.2) is 0 Å². The van der Waals surface area contributed by atoms with E-state index in [1.165, 1.54) is 11.8 Å². The fraction of sp³-hybridized carbons (Fsp3) is 0.211. The standard InChI is InChI=1S/C19H18Cl2N2O4S/c1-11(19(27)23-16-9-12(20)5-6-15(16)21)28-14-4-2-3-13(10-14)22-17(24)7-8-18(25)26/h2-6,9-11H,7-8H2,1H3,(H,22,24)(H,23,27)(H,25,26). The van der Waals surface area contributed by atoms with Crippen LogP contribution in [0, 0.1) is 0 Å². The largest absolute Gasteiger partial charge is 0.481 e. The Morgan fingerprint density at radius 2 is 1.82 bits per heavy atom. The Morgan fingerprint density at radius 3 is 2.54 bits per heavy atom. The lowest BCUT2D eigenvalue weighted by Gasteiger charge is -2.14. The van der Waals surface area contributed by atoms with Gasteiger partial charge in [0.05, 0.1) is 22.4 Å². The van der Waals surface area contributed by atoms with Gasteiger partial charge in [-0.15, -0.1) is 11.8 Å². The Labute approximate surface area is 176 Å². The minimum Gasteiger partial charge on any atom is -0.481 e. The number of benzene rings is 2. The molecule has 0 aliphatic rings. The number of carboxylic acid groups (broad SMARTS) is 1. The molecule has 28 heavy (non-hydrogen) atoms. The highest BCUT2D eigenvalue weighted by atomic mass is 35.5. The number of carbonyl (C=O) groups excluding carboxylic acids is 2. The third-order valence-electron chi connectivity index (χ3n) is 3.55. The Kier molecular flexibility index (Phi) is 8.17. The van der Waals surface area contributed by atoms with Crippen molar-refractivity contribution in [2.75, 3.05) is 10.6 Å². The zero-order valence-electron chi connectivity index (χ0n) is 14.9. The summed E-state index contributed by atoms with van der Waals surface area (Å²) in [5, 5.41) is 14.4. The molecular weight excluding hydrogens is 423 g/mol. The molecule has 0 spiro atoms. The van der Waals surface area contributed by atoms with Crippen LogP contribution in [-0.4, -0.2) is 28.1 Å². The van der Waals surface area contributed by atoms with Crippen molar-refractivity contribution < 1.29 is 19.5 Å². The van der Waals surface area contributed by atoms with Crippen molar-refractivity contribution in [3.05, 3.63) is 52.5 Å². The lowest BCUT2D eigenvalue weighted by Crippen LogP contribution is -2.22. The van der Waals surface area contributed by atoms with Gasteiger partial charge in [0, 0.05) is 22.0 Å². The smallest absolute Gasteiger partial charge is 0.303 e. The summed E-state index contributed by atoms with van der Waals surface area (Å²) in [6.45, 7) is 1.75. The van der Waals surface area contributed by atoms with Crippen molar-refractivity contribution >= 4 is 64.1 Å². The van der Waals surface area contributed by atoms with Crippen molar-refractivity contribution in [3.8, 4) is 0 Å². The number of carboxylic acids is 1. The quantitative estimate of drug-likeness (QED) is 0.506. The van der Waals surface area contributed by atoms with Crippen LogP contribution in [-0.2, 0) is 14.4 Å². The number of rotatable bonds is 8. The molecule has 0 radical (unpaired) electrons. The van der Waals surface area contributed by atoms with Gasteiger partial charge in [-0.05, 0) is 43.3 Å². The van der Waals surface area contributed by atoms with Crippen molar-refractivity contribution in [1.29, 1.82) is 0 Å². The number of thioether (sulfide) groups is 1. The first kappa shape index (κ1) is 22.1. The summed E-state index contributed by atoms with van der Waals surface area (Å²) >= 11 is 13.3. The molecular formula is C19H18Cl2N2O4S. The number of halogens is 2. The molecule has 0 fully saturated rings. The summed E-state index contributed by atoms with van der Waals surface area (Å²) in [5.41, 5.74) is 0.969. The maximum absolute atomic E-state index is 12.4. The molecule has 2 rings (SSSR count). The topological polar surface area (TPSA) is 95.5 Å². The molecule has 0 aromatic heterocycles. The van der Waals surface area contributed by atoms with Crippen LogP contribution in [0.3, 0.4) is 0 Å². The van der Waals surface area contributed by atoms with Crippen molar-refractivity contribution in [1.82, 2.24) is 0 Å². The van der Waals surface area contributed by atoms with Gasteiger partial charge in [-0.1, -0.05) is 29.3 Å². The van der Waals surface area contributed by atoms with Gasteiger partial charge in [0.1, 0.15) is 0 Å². The van der Waals surface area contributed by atoms with Crippen molar-refractivity contribution in [3.63, 3.8) is 0 Å². The van der Waals surface area contributed by atoms with E-state index in [9.17, 15) is 14.4 Å². The molecule has 1 unspecified atom stereocenters. The molecule has 148 valence electrons. The third-order valence-corrected chi connectivity index (χ3v) is 5.21. The van der Waals surface area contributed by atoms with Gasteiger partial charge in [-0.2, -0.15) is 0 Å². The molecule has 3 N–H and O–H groups in total. The highest BCUT2D eigenvalue weighted by Crippen LogP contribution is 2.29. The third kappa shape index (κ3) is 7.07. The fourth-order valence-electron chi connectivity index (χ4n) is 2.18. The number of nitrogens with one attached hydrogen (secondary N) is 2. The lowest BCUT2D eigenvalue weighted by molar-refractivity contribution is -0.138. The van der Waals surface area contributed by atoms with Gasteiger partial charge >= 0.3 is 5.97 Å². The average molecular weight is 441 g/mol. The fourth-order valence-corrected chi connectivity index (χ4v) is 3.44. The van der Waals surface area contributed by atoms with Crippen LogP contribution < -0.4 is 10.6 Å². The number of carbonyl (C=O) groups is 3. The maximum Gasteiger partial charge on any atom is 0.303 e. The SMILES string of the molecule is CC(Sc1cccc(NC(=O)CCC(=O)O)c1)C(=O)Nc1cc(Cl)ccc1Cl. The number of anilines is 2. The van der Waals surface area contributed by atoms with E-state index in [1.54, 1.807) is 43.3 Å². The molecule has 9 heteroatoms. The van der Waals surface area contributed by atoms with Crippen LogP contribution in [0.25, 0.3) is 0 Å². The average Bonchev–Trinajstić information content (AvgIpc) is 2.63. The zero-order valence-corrected chi connectivity index (χ0v) is 17.2. The Morgan fingerprint density at radius 1 is 1.07 bits per heavy atom. The number of amides is 2. The Hall–Kier alpha value is -2.22. The second-order valence-corrected chi connectivity index (χ2v) is 8.10. The number of hydrogen-bond acceptors (Lipinski definition) is 4. The first-order valence-electron chi connectivity index (χ1n) is 8.29. The predicted octanol–water partition coefficient (Wildman–Crippen LogP) is 4.92. The Bertz CT molecular complexity index is 892. The van der Waals surface area contributed by atoms with Crippen LogP contribution in [0.1, 0.15) is 19.8 Å². The summed E-state index contributed by atoms with van der Waals surface area (Å²) in [7, 11) is 0. The van der Waals surface area contributed by atoms with E-state index in [0.29, 0.717) is 21.4 Å². The number of hydrogen-bond donors (Lipinski definition) is 3. The summed E-state index contributed by atoms with van der Waals surface area (Å²) < 4.78 is 0. The molecule has 1 atom stereocenters. The molecule has 0 bridgehead atoms.